The number of amides is 1. The number of hydrogen-bond acceptors (Lipinski definition) is 3. The molecule has 1 amide bonds. The van der Waals surface area contributed by atoms with Crippen molar-refractivity contribution in [2.45, 2.75) is 13.0 Å². The zero-order valence-corrected chi connectivity index (χ0v) is 12.1. The van der Waals surface area contributed by atoms with Crippen LogP contribution in [0.2, 0.25) is 0 Å². The van der Waals surface area contributed by atoms with Gasteiger partial charge in [-0.1, -0.05) is 42.5 Å². The van der Waals surface area contributed by atoms with Gasteiger partial charge in [0, 0.05) is 11.9 Å². The lowest BCUT2D eigenvalue weighted by Gasteiger charge is -2.04. The van der Waals surface area contributed by atoms with Crippen molar-refractivity contribution >= 4 is 16.9 Å². The van der Waals surface area contributed by atoms with Gasteiger partial charge in [-0.2, -0.15) is 0 Å². The molecule has 0 bridgehead atoms. The van der Waals surface area contributed by atoms with Crippen LogP contribution in [-0.2, 0) is 13.0 Å². The summed E-state index contributed by atoms with van der Waals surface area (Å²) in [4.78, 5) is 12.1. The van der Waals surface area contributed by atoms with Crippen LogP contribution < -0.4 is 5.32 Å². The maximum atomic E-state index is 12.1. The molecule has 2 N–H and O–H groups in total. The summed E-state index contributed by atoms with van der Waals surface area (Å²) in [5.41, 5.74) is 2.71. The first-order valence-corrected chi connectivity index (χ1v) is 7.22. The predicted octanol–water partition coefficient (Wildman–Crippen LogP) is 2.90. The molecule has 0 aliphatic heterocycles. The van der Waals surface area contributed by atoms with Crippen molar-refractivity contribution in [1.82, 2.24) is 5.32 Å². The largest absolute Gasteiger partial charge is 0.451 e. The van der Waals surface area contributed by atoms with Crippen molar-refractivity contribution in [3.05, 3.63) is 71.5 Å². The number of aliphatic hydroxyl groups is 1. The Hall–Kier alpha value is -2.59. The number of rotatable bonds is 5. The highest BCUT2D eigenvalue weighted by Gasteiger charge is 2.11. The van der Waals surface area contributed by atoms with Crippen LogP contribution in [0.1, 0.15) is 21.7 Å². The van der Waals surface area contributed by atoms with Gasteiger partial charge >= 0.3 is 0 Å². The van der Waals surface area contributed by atoms with Crippen molar-refractivity contribution in [3.63, 3.8) is 0 Å². The van der Waals surface area contributed by atoms with Crippen molar-refractivity contribution in [2.75, 3.05) is 6.54 Å². The molecule has 3 aromatic rings. The van der Waals surface area contributed by atoms with Crippen molar-refractivity contribution in [2.24, 2.45) is 0 Å². The smallest absolute Gasteiger partial charge is 0.287 e. The number of carbonyl (C=O) groups is 1. The van der Waals surface area contributed by atoms with Crippen molar-refractivity contribution in [1.29, 1.82) is 0 Å². The minimum absolute atomic E-state index is 0.0447. The lowest BCUT2D eigenvalue weighted by molar-refractivity contribution is 0.0928. The molecule has 1 aromatic heterocycles. The third kappa shape index (κ3) is 3.18. The summed E-state index contributed by atoms with van der Waals surface area (Å²) in [5.74, 6) is 0.125. The number of nitrogens with one attached hydrogen (secondary N) is 1. The second-order valence-electron chi connectivity index (χ2n) is 5.13. The normalized spacial score (nSPS) is 10.8. The van der Waals surface area contributed by atoms with E-state index < -0.39 is 0 Å². The van der Waals surface area contributed by atoms with E-state index in [2.05, 4.69) is 5.32 Å². The van der Waals surface area contributed by atoms with Gasteiger partial charge in [-0.25, -0.2) is 0 Å². The molecule has 0 saturated carbocycles. The summed E-state index contributed by atoms with van der Waals surface area (Å²) in [6.07, 6.45) is 0.734. The molecule has 0 radical (unpaired) electrons. The summed E-state index contributed by atoms with van der Waals surface area (Å²) < 4.78 is 5.52. The Morgan fingerprint density at radius 3 is 2.50 bits per heavy atom. The molecule has 1 heterocycles. The second kappa shape index (κ2) is 6.45. The number of hydrogen-bond donors (Lipinski definition) is 2. The second-order valence-corrected chi connectivity index (χ2v) is 5.13. The number of furan rings is 1. The Kier molecular flexibility index (Phi) is 4.21. The molecule has 0 unspecified atom stereocenters. The fourth-order valence-corrected chi connectivity index (χ4v) is 2.31. The Balaban J connectivity index is 1.57. The Morgan fingerprint density at radius 1 is 1.05 bits per heavy atom. The molecule has 0 aliphatic rings. The highest BCUT2D eigenvalue weighted by atomic mass is 16.3. The van der Waals surface area contributed by atoms with Gasteiger partial charge in [0.05, 0.1) is 6.61 Å². The molecule has 2 aromatic carbocycles. The SMILES string of the molecule is O=C(NCCc1ccc(CO)cc1)c1cc2ccccc2o1. The topological polar surface area (TPSA) is 62.5 Å². The molecule has 112 valence electrons. The van der Waals surface area contributed by atoms with Crippen molar-refractivity contribution in [3.8, 4) is 0 Å². The third-order valence-corrected chi connectivity index (χ3v) is 3.55. The van der Waals surface area contributed by atoms with E-state index in [9.17, 15) is 4.79 Å². The lowest BCUT2D eigenvalue weighted by Crippen LogP contribution is -2.25. The Bertz CT molecular complexity index is 741. The zero-order valence-electron chi connectivity index (χ0n) is 12.1. The van der Waals surface area contributed by atoms with Crippen LogP contribution in [0.15, 0.2) is 59.0 Å². The standard InChI is InChI=1S/C18H17NO3/c20-12-14-7-5-13(6-8-14)9-10-19-18(21)17-11-15-3-1-2-4-16(15)22-17/h1-8,11,20H,9-10,12H2,(H,19,21). The molecule has 4 nitrogen and oxygen atoms in total. The van der Waals surface area contributed by atoms with Gasteiger partial charge in [0.25, 0.3) is 5.91 Å². The van der Waals surface area contributed by atoms with Gasteiger partial charge in [-0.15, -0.1) is 0 Å². The van der Waals surface area contributed by atoms with Crippen LogP contribution in [0.5, 0.6) is 0 Å². The quantitative estimate of drug-likeness (QED) is 0.761. The Labute approximate surface area is 128 Å². The zero-order chi connectivity index (χ0) is 15.4. The van der Waals surface area contributed by atoms with Gasteiger partial charge in [-0.3, -0.25) is 4.79 Å². The monoisotopic (exact) mass is 295 g/mol. The predicted molar refractivity (Wildman–Crippen MR) is 84.6 cm³/mol. The van der Waals surface area contributed by atoms with Gasteiger partial charge in [0.1, 0.15) is 5.58 Å². The first kappa shape index (κ1) is 14.4. The van der Waals surface area contributed by atoms with E-state index in [4.69, 9.17) is 9.52 Å². The van der Waals surface area contributed by atoms with Crippen molar-refractivity contribution < 1.29 is 14.3 Å². The van der Waals surface area contributed by atoms with Crippen LogP contribution >= 0.6 is 0 Å². The van der Waals surface area contributed by atoms with E-state index in [1.54, 1.807) is 6.07 Å². The summed E-state index contributed by atoms with van der Waals surface area (Å²) in [6.45, 7) is 0.581. The van der Waals surface area contributed by atoms with E-state index in [1.807, 2.05) is 48.5 Å². The van der Waals surface area contributed by atoms with Crippen LogP contribution in [0, 0.1) is 0 Å². The highest BCUT2D eigenvalue weighted by Crippen LogP contribution is 2.18. The summed E-state index contributed by atoms with van der Waals surface area (Å²) in [6, 6.07) is 17.0. The minimum atomic E-state index is -0.205. The number of carbonyl (C=O) groups excluding carboxylic acids is 1. The van der Waals surface area contributed by atoms with E-state index >= 15 is 0 Å². The van der Waals surface area contributed by atoms with Gasteiger partial charge < -0.3 is 14.8 Å². The first-order chi connectivity index (χ1) is 10.8. The number of para-hydroxylation sites is 1. The van der Waals surface area contributed by atoms with Crippen LogP contribution in [0.3, 0.4) is 0 Å². The molecule has 0 fully saturated rings. The molecule has 0 saturated heterocycles. The molecular weight excluding hydrogens is 278 g/mol. The Morgan fingerprint density at radius 2 is 1.77 bits per heavy atom. The summed E-state index contributed by atoms with van der Waals surface area (Å²) >= 11 is 0. The first-order valence-electron chi connectivity index (χ1n) is 7.22. The highest BCUT2D eigenvalue weighted by molar-refractivity contribution is 5.96. The maximum Gasteiger partial charge on any atom is 0.287 e. The van der Waals surface area contributed by atoms with E-state index in [1.165, 1.54) is 0 Å². The average molecular weight is 295 g/mol. The van der Waals surface area contributed by atoms with E-state index in [-0.39, 0.29) is 12.5 Å². The number of fused-ring (bicyclic) bond motifs is 1. The summed E-state index contributed by atoms with van der Waals surface area (Å²) in [5, 5.41) is 12.8. The van der Waals surface area contributed by atoms with Gasteiger partial charge in [-0.05, 0) is 29.7 Å². The number of aliphatic hydroxyl groups excluding tert-OH is 1. The summed E-state index contributed by atoms with van der Waals surface area (Å²) in [7, 11) is 0. The molecular formula is C18H17NO3. The third-order valence-electron chi connectivity index (χ3n) is 3.55. The van der Waals surface area contributed by atoms with E-state index in [0.717, 1.165) is 22.9 Å². The molecule has 22 heavy (non-hydrogen) atoms. The molecule has 0 atom stereocenters. The maximum absolute atomic E-state index is 12.1. The minimum Gasteiger partial charge on any atom is -0.451 e. The molecule has 0 spiro atoms. The molecule has 0 aliphatic carbocycles. The molecule has 3 rings (SSSR count). The number of benzene rings is 2. The van der Waals surface area contributed by atoms with Crippen LogP contribution in [0.4, 0.5) is 0 Å². The average Bonchev–Trinajstić information content (AvgIpc) is 2.99. The van der Waals surface area contributed by atoms with Gasteiger partial charge in [0.2, 0.25) is 0 Å². The van der Waals surface area contributed by atoms with E-state index in [0.29, 0.717) is 17.9 Å². The van der Waals surface area contributed by atoms with Gasteiger partial charge in [0.15, 0.2) is 5.76 Å². The fraction of sp³-hybridized carbons (Fsp3) is 0.167. The lowest BCUT2D eigenvalue weighted by atomic mass is 10.1. The fourth-order valence-electron chi connectivity index (χ4n) is 2.31. The van der Waals surface area contributed by atoms with Crippen LogP contribution in [0.25, 0.3) is 11.0 Å². The molecule has 4 heteroatoms. The van der Waals surface area contributed by atoms with Crippen LogP contribution in [-0.4, -0.2) is 17.6 Å².